The summed E-state index contributed by atoms with van der Waals surface area (Å²) < 4.78 is 5.17. The van der Waals surface area contributed by atoms with Crippen LogP contribution in [0, 0.1) is 5.92 Å². The molecule has 0 atom stereocenters. The van der Waals surface area contributed by atoms with Crippen molar-refractivity contribution >= 4 is 0 Å². The molecule has 1 aromatic heterocycles. The van der Waals surface area contributed by atoms with Gasteiger partial charge in [0.15, 0.2) is 0 Å². The molecule has 1 aliphatic heterocycles. The van der Waals surface area contributed by atoms with Crippen molar-refractivity contribution in [2.24, 2.45) is 5.92 Å². The lowest BCUT2D eigenvalue weighted by Gasteiger charge is -2.31. The van der Waals surface area contributed by atoms with Crippen molar-refractivity contribution in [1.29, 1.82) is 0 Å². The molecule has 0 bridgehead atoms. The molecule has 0 aliphatic carbocycles. The lowest BCUT2D eigenvalue weighted by Crippen LogP contribution is -2.37. The first-order chi connectivity index (χ1) is 9.31. The smallest absolute Gasteiger partial charge is 0.213 e. The van der Waals surface area contributed by atoms with Gasteiger partial charge >= 0.3 is 0 Å². The van der Waals surface area contributed by atoms with Crippen molar-refractivity contribution in [3.63, 3.8) is 0 Å². The summed E-state index contributed by atoms with van der Waals surface area (Å²) in [4.78, 5) is 6.97. The summed E-state index contributed by atoms with van der Waals surface area (Å²) >= 11 is 0. The van der Waals surface area contributed by atoms with Gasteiger partial charge in [-0.25, -0.2) is 4.98 Å². The van der Waals surface area contributed by atoms with E-state index in [0.717, 1.165) is 24.7 Å². The Morgan fingerprint density at radius 1 is 1.37 bits per heavy atom. The molecule has 0 amide bonds. The van der Waals surface area contributed by atoms with E-state index in [2.05, 4.69) is 28.2 Å². The van der Waals surface area contributed by atoms with Gasteiger partial charge in [-0.3, -0.25) is 4.90 Å². The van der Waals surface area contributed by atoms with Crippen LogP contribution >= 0.6 is 0 Å². The van der Waals surface area contributed by atoms with Gasteiger partial charge in [-0.05, 0) is 51.0 Å². The Labute approximate surface area is 116 Å². The summed E-state index contributed by atoms with van der Waals surface area (Å²) in [5.41, 5.74) is 1.10. The summed E-state index contributed by atoms with van der Waals surface area (Å²) in [6.07, 6.45) is 2.58. The first-order valence-electron chi connectivity index (χ1n) is 7.24. The fraction of sp³-hybridized carbons (Fsp3) is 0.667. The maximum Gasteiger partial charge on any atom is 0.213 e. The number of ether oxygens (including phenoxy) is 1. The van der Waals surface area contributed by atoms with Crippen molar-refractivity contribution < 1.29 is 4.74 Å². The van der Waals surface area contributed by atoms with E-state index in [-0.39, 0.29) is 0 Å². The first-order valence-corrected chi connectivity index (χ1v) is 7.24. The standard InChI is InChI=1S/C15H25N3O/c1-3-16-11-13-7-9-18(10-8-13)12-14-5-4-6-15(17-14)19-2/h4-6,13,16H,3,7-12H2,1-2H3. The second-order valence-electron chi connectivity index (χ2n) is 5.20. The van der Waals surface area contributed by atoms with Gasteiger partial charge in [0, 0.05) is 12.6 Å². The molecule has 1 N–H and O–H groups in total. The van der Waals surface area contributed by atoms with Gasteiger partial charge in [-0.2, -0.15) is 0 Å². The number of piperidine rings is 1. The van der Waals surface area contributed by atoms with Crippen LogP contribution in [0.15, 0.2) is 18.2 Å². The van der Waals surface area contributed by atoms with Crippen LogP contribution in [0.1, 0.15) is 25.5 Å². The van der Waals surface area contributed by atoms with Gasteiger partial charge in [-0.1, -0.05) is 13.0 Å². The number of pyridine rings is 1. The minimum Gasteiger partial charge on any atom is -0.481 e. The number of methoxy groups -OCH3 is 1. The minimum atomic E-state index is 0.708. The molecular weight excluding hydrogens is 238 g/mol. The highest BCUT2D eigenvalue weighted by Gasteiger charge is 2.19. The monoisotopic (exact) mass is 263 g/mol. The van der Waals surface area contributed by atoms with Crippen LogP contribution in [0.2, 0.25) is 0 Å². The van der Waals surface area contributed by atoms with E-state index in [4.69, 9.17) is 4.74 Å². The number of hydrogen-bond donors (Lipinski definition) is 1. The zero-order valence-corrected chi connectivity index (χ0v) is 12.1. The molecule has 1 saturated heterocycles. The van der Waals surface area contributed by atoms with Crippen LogP contribution in [0.5, 0.6) is 5.88 Å². The predicted molar refractivity (Wildman–Crippen MR) is 77.3 cm³/mol. The van der Waals surface area contributed by atoms with Crippen LogP contribution in [0.25, 0.3) is 0 Å². The summed E-state index contributed by atoms with van der Waals surface area (Å²) in [6.45, 7) is 7.70. The van der Waals surface area contributed by atoms with Crippen molar-refractivity contribution in [3.05, 3.63) is 23.9 Å². The van der Waals surface area contributed by atoms with E-state index in [0.29, 0.717) is 5.88 Å². The molecule has 4 heteroatoms. The Hall–Kier alpha value is -1.13. The van der Waals surface area contributed by atoms with Crippen LogP contribution in [0.4, 0.5) is 0 Å². The molecule has 1 aromatic rings. The average Bonchev–Trinajstić information content (AvgIpc) is 2.47. The molecule has 2 heterocycles. The van der Waals surface area contributed by atoms with Gasteiger partial charge in [0.2, 0.25) is 5.88 Å². The lowest BCUT2D eigenvalue weighted by molar-refractivity contribution is 0.174. The lowest BCUT2D eigenvalue weighted by atomic mass is 9.96. The van der Waals surface area contributed by atoms with Gasteiger partial charge in [0.25, 0.3) is 0 Å². The zero-order chi connectivity index (χ0) is 13.5. The van der Waals surface area contributed by atoms with Crippen LogP contribution in [-0.2, 0) is 6.54 Å². The van der Waals surface area contributed by atoms with Crippen LogP contribution < -0.4 is 10.1 Å². The molecule has 0 spiro atoms. The Kier molecular flexibility index (Phi) is 5.61. The molecule has 1 aliphatic rings. The molecule has 0 saturated carbocycles. The second kappa shape index (κ2) is 7.46. The van der Waals surface area contributed by atoms with Gasteiger partial charge in [0.05, 0.1) is 12.8 Å². The normalized spacial score (nSPS) is 17.6. The molecule has 0 radical (unpaired) electrons. The maximum atomic E-state index is 5.17. The summed E-state index contributed by atoms with van der Waals surface area (Å²) in [6, 6.07) is 5.98. The fourth-order valence-electron chi connectivity index (χ4n) is 2.59. The summed E-state index contributed by atoms with van der Waals surface area (Å²) in [7, 11) is 1.67. The number of aromatic nitrogens is 1. The van der Waals surface area contributed by atoms with E-state index in [1.165, 1.54) is 32.5 Å². The summed E-state index contributed by atoms with van der Waals surface area (Å²) in [5.74, 6) is 1.55. The molecule has 1 fully saturated rings. The minimum absolute atomic E-state index is 0.708. The Morgan fingerprint density at radius 3 is 2.84 bits per heavy atom. The topological polar surface area (TPSA) is 37.4 Å². The highest BCUT2D eigenvalue weighted by atomic mass is 16.5. The SMILES string of the molecule is CCNCC1CCN(Cc2cccc(OC)n2)CC1. The number of likely N-dealkylation sites (tertiary alicyclic amines) is 1. The van der Waals surface area contributed by atoms with E-state index in [9.17, 15) is 0 Å². The number of rotatable bonds is 6. The van der Waals surface area contributed by atoms with Gasteiger partial charge in [-0.15, -0.1) is 0 Å². The Morgan fingerprint density at radius 2 is 2.16 bits per heavy atom. The van der Waals surface area contributed by atoms with E-state index < -0.39 is 0 Å². The Balaban J connectivity index is 1.78. The quantitative estimate of drug-likeness (QED) is 0.851. The van der Waals surface area contributed by atoms with Crippen LogP contribution in [0.3, 0.4) is 0 Å². The third-order valence-electron chi connectivity index (χ3n) is 3.77. The van der Waals surface area contributed by atoms with Crippen molar-refractivity contribution in [1.82, 2.24) is 15.2 Å². The van der Waals surface area contributed by atoms with E-state index in [1.807, 2.05) is 12.1 Å². The van der Waals surface area contributed by atoms with E-state index in [1.54, 1.807) is 7.11 Å². The van der Waals surface area contributed by atoms with E-state index >= 15 is 0 Å². The molecule has 4 nitrogen and oxygen atoms in total. The second-order valence-corrected chi connectivity index (χ2v) is 5.20. The number of nitrogens with zero attached hydrogens (tertiary/aromatic N) is 2. The Bertz CT molecular complexity index is 375. The average molecular weight is 263 g/mol. The number of nitrogens with one attached hydrogen (secondary N) is 1. The molecule has 0 aromatic carbocycles. The highest BCUT2D eigenvalue weighted by molar-refractivity contribution is 5.15. The molecule has 106 valence electrons. The molecule has 2 rings (SSSR count). The van der Waals surface area contributed by atoms with Crippen LogP contribution in [-0.4, -0.2) is 43.2 Å². The van der Waals surface area contributed by atoms with Crippen molar-refractivity contribution in [2.75, 3.05) is 33.3 Å². The molecule has 19 heavy (non-hydrogen) atoms. The highest BCUT2D eigenvalue weighted by Crippen LogP contribution is 2.18. The third kappa shape index (κ3) is 4.48. The molecular formula is C15H25N3O. The zero-order valence-electron chi connectivity index (χ0n) is 12.1. The largest absolute Gasteiger partial charge is 0.481 e. The number of hydrogen-bond acceptors (Lipinski definition) is 4. The molecule has 0 unspecified atom stereocenters. The first kappa shape index (κ1) is 14.3. The third-order valence-corrected chi connectivity index (χ3v) is 3.77. The maximum absolute atomic E-state index is 5.17. The summed E-state index contributed by atoms with van der Waals surface area (Å²) in [5, 5.41) is 3.45. The van der Waals surface area contributed by atoms with Gasteiger partial charge in [0.1, 0.15) is 0 Å². The van der Waals surface area contributed by atoms with Gasteiger partial charge < -0.3 is 10.1 Å². The predicted octanol–water partition coefficient (Wildman–Crippen LogP) is 1.91. The van der Waals surface area contributed by atoms with Crippen molar-refractivity contribution in [3.8, 4) is 5.88 Å². The fourth-order valence-corrected chi connectivity index (χ4v) is 2.59. The van der Waals surface area contributed by atoms with Crippen molar-refractivity contribution in [2.45, 2.75) is 26.3 Å².